The highest BCUT2D eigenvalue weighted by molar-refractivity contribution is 5.51. The standard InChI is InChI=1S/C26H36N4/c1-19-28-25-23-13-11-22(27-15-14-20-8-4-2-5-9-20)18-21(23)10-12-24(25)26(29-19)30-16-6-3-7-17-30/h2,4-5,8-9,11,13,18-19,24-29H,3,6-7,10,12,14-17H2,1H3. The molecule has 3 N–H and O–H groups in total. The van der Waals surface area contributed by atoms with Crippen LogP contribution in [0.3, 0.4) is 0 Å². The van der Waals surface area contributed by atoms with Crippen molar-refractivity contribution in [3.8, 4) is 0 Å². The van der Waals surface area contributed by atoms with E-state index >= 15 is 0 Å². The van der Waals surface area contributed by atoms with Gasteiger partial charge < -0.3 is 5.32 Å². The van der Waals surface area contributed by atoms with E-state index in [1.54, 1.807) is 0 Å². The molecule has 4 unspecified atom stereocenters. The van der Waals surface area contributed by atoms with Gasteiger partial charge in [0.25, 0.3) is 0 Å². The second-order valence-corrected chi connectivity index (χ2v) is 9.35. The summed E-state index contributed by atoms with van der Waals surface area (Å²) >= 11 is 0. The molecule has 160 valence electrons. The smallest absolute Gasteiger partial charge is 0.0656 e. The molecule has 2 aromatic carbocycles. The number of piperidine rings is 1. The molecule has 0 saturated carbocycles. The monoisotopic (exact) mass is 404 g/mol. The van der Waals surface area contributed by atoms with Crippen LogP contribution in [-0.2, 0) is 12.8 Å². The molecule has 0 amide bonds. The first kappa shape index (κ1) is 20.0. The summed E-state index contributed by atoms with van der Waals surface area (Å²) in [5.74, 6) is 0.656. The van der Waals surface area contributed by atoms with Gasteiger partial charge in [0.1, 0.15) is 0 Å². The zero-order chi connectivity index (χ0) is 20.3. The zero-order valence-electron chi connectivity index (χ0n) is 18.2. The molecule has 3 aliphatic rings. The van der Waals surface area contributed by atoms with Gasteiger partial charge in [0.05, 0.1) is 12.3 Å². The molecule has 0 bridgehead atoms. The molecule has 2 heterocycles. The summed E-state index contributed by atoms with van der Waals surface area (Å²) in [6.45, 7) is 5.77. The molecule has 4 nitrogen and oxygen atoms in total. The molecule has 1 aliphatic carbocycles. The van der Waals surface area contributed by atoms with Gasteiger partial charge in [-0.2, -0.15) is 0 Å². The topological polar surface area (TPSA) is 39.3 Å². The van der Waals surface area contributed by atoms with E-state index in [0.29, 0.717) is 24.3 Å². The summed E-state index contributed by atoms with van der Waals surface area (Å²) in [5.41, 5.74) is 5.70. The van der Waals surface area contributed by atoms with Crippen molar-refractivity contribution >= 4 is 5.69 Å². The second-order valence-electron chi connectivity index (χ2n) is 9.35. The fourth-order valence-electron chi connectivity index (χ4n) is 5.77. The third-order valence-electron chi connectivity index (χ3n) is 7.28. The first-order chi connectivity index (χ1) is 14.8. The largest absolute Gasteiger partial charge is 0.385 e. The Kier molecular flexibility index (Phi) is 6.07. The molecule has 2 saturated heterocycles. The van der Waals surface area contributed by atoms with E-state index in [1.807, 2.05) is 0 Å². The Morgan fingerprint density at radius 3 is 2.67 bits per heavy atom. The van der Waals surface area contributed by atoms with Crippen LogP contribution in [0.25, 0.3) is 0 Å². The number of nitrogens with one attached hydrogen (secondary N) is 3. The summed E-state index contributed by atoms with van der Waals surface area (Å²) in [4.78, 5) is 2.73. The SMILES string of the molecule is CC1NC2c3ccc(NCCc4ccccc4)cc3CCC2C(N2CCCCC2)N1. The van der Waals surface area contributed by atoms with Crippen LogP contribution in [0, 0.1) is 5.92 Å². The van der Waals surface area contributed by atoms with Crippen molar-refractivity contribution in [2.45, 2.75) is 63.8 Å². The van der Waals surface area contributed by atoms with Crippen molar-refractivity contribution in [2.24, 2.45) is 5.92 Å². The number of likely N-dealkylation sites (tertiary alicyclic amines) is 1. The Morgan fingerprint density at radius 2 is 1.83 bits per heavy atom. The lowest BCUT2D eigenvalue weighted by Crippen LogP contribution is -2.65. The molecule has 5 rings (SSSR count). The van der Waals surface area contributed by atoms with Crippen LogP contribution in [-0.4, -0.2) is 36.9 Å². The van der Waals surface area contributed by atoms with Gasteiger partial charge in [-0.1, -0.05) is 42.8 Å². The predicted molar refractivity (Wildman–Crippen MR) is 125 cm³/mol. The third-order valence-corrected chi connectivity index (χ3v) is 7.28. The molecular formula is C26H36N4. The summed E-state index contributed by atoms with van der Waals surface area (Å²) in [6, 6.07) is 18.3. The highest BCUT2D eigenvalue weighted by atomic mass is 15.3. The van der Waals surface area contributed by atoms with E-state index in [1.165, 1.54) is 67.6 Å². The van der Waals surface area contributed by atoms with Gasteiger partial charge in [-0.25, -0.2) is 0 Å². The van der Waals surface area contributed by atoms with E-state index in [4.69, 9.17) is 0 Å². The average molecular weight is 405 g/mol. The molecule has 0 aromatic heterocycles. The van der Waals surface area contributed by atoms with Crippen molar-refractivity contribution < 1.29 is 0 Å². The average Bonchev–Trinajstić information content (AvgIpc) is 2.79. The van der Waals surface area contributed by atoms with Crippen LogP contribution in [0.15, 0.2) is 48.5 Å². The summed E-state index contributed by atoms with van der Waals surface area (Å²) < 4.78 is 0. The zero-order valence-corrected chi connectivity index (χ0v) is 18.2. The number of hydrogen-bond acceptors (Lipinski definition) is 4. The number of hydrogen-bond donors (Lipinski definition) is 3. The van der Waals surface area contributed by atoms with Crippen molar-refractivity contribution in [1.82, 2.24) is 15.5 Å². The second kappa shape index (κ2) is 9.09. The summed E-state index contributed by atoms with van der Waals surface area (Å²) in [6.07, 6.45) is 8.49. The number of rotatable bonds is 5. The molecule has 4 atom stereocenters. The molecule has 2 aliphatic heterocycles. The third kappa shape index (κ3) is 4.27. The Balaban J connectivity index is 1.28. The molecule has 2 fully saturated rings. The lowest BCUT2D eigenvalue weighted by Gasteiger charge is -2.50. The molecule has 0 spiro atoms. The van der Waals surface area contributed by atoms with E-state index in [2.05, 4.69) is 76.3 Å². The van der Waals surface area contributed by atoms with Gasteiger partial charge in [0, 0.05) is 24.2 Å². The maximum absolute atomic E-state index is 3.87. The van der Waals surface area contributed by atoms with Crippen molar-refractivity contribution in [2.75, 3.05) is 25.0 Å². The van der Waals surface area contributed by atoms with Crippen LogP contribution < -0.4 is 16.0 Å². The Hall–Kier alpha value is -1.88. The lowest BCUT2D eigenvalue weighted by molar-refractivity contribution is 0.0204. The first-order valence-electron chi connectivity index (χ1n) is 11.9. The number of anilines is 1. The maximum Gasteiger partial charge on any atom is 0.0656 e. The number of aryl methyl sites for hydroxylation is 1. The number of benzene rings is 2. The summed E-state index contributed by atoms with van der Waals surface area (Å²) in [5, 5.41) is 11.4. The van der Waals surface area contributed by atoms with E-state index in [9.17, 15) is 0 Å². The Bertz CT molecular complexity index is 830. The van der Waals surface area contributed by atoms with Crippen LogP contribution in [0.4, 0.5) is 5.69 Å². The molecule has 30 heavy (non-hydrogen) atoms. The van der Waals surface area contributed by atoms with Gasteiger partial charge in [-0.15, -0.1) is 0 Å². The normalized spacial score (nSPS) is 29.1. The Morgan fingerprint density at radius 1 is 1.00 bits per heavy atom. The van der Waals surface area contributed by atoms with E-state index in [-0.39, 0.29) is 0 Å². The molecular weight excluding hydrogens is 368 g/mol. The van der Waals surface area contributed by atoms with E-state index < -0.39 is 0 Å². The number of nitrogens with zero attached hydrogens (tertiary/aromatic N) is 1. The van der Waals surface area contributed by atoms with Crippen molar-refractivity contribution in [3.05, 3.63) is 65.2 Å². The molecule has 4 heteroatoms. The lowest BCUT2D eigenvalue weighted by atomic mass is 9.76. The highest BCUT2D eigenvalue weighted by Crippen LogP contribution is 2.40. The van der Waals surface area contributed by atoms with Gasteiger partial charge in [-0.3, -0.25) is 15.5 Å². The van der Waals surface area contributed by atoms with Gasteiger partial charge >= 0.3 is 0 Å². The first-order valence-corrected chi connectivity index (χ1v) is 11.9. The predicted octanol–water partition coefficient (Wildman–Crippen LogP) is 4.30. The maximum atomic E-state index is 3.87. The van der Waals surface area contributed by atoms with E-state index in [0.717, 1.165) is 13.0 Å². The van der Waals surface area contributed by atoms with Gasteiger partial charge in [0.2, 0.25) is 0 Å². The molecule has 2 aromatic rings. The van der Waals surface area contributed by atoms with Crippen molar-refractivity contribution in [1.29, 1.82) is 0 Å². The number of fused-ring (bicyclic) bond motifs is 3. The quantitative estimate of drug-likeness (QED) is 0.695. The fourth-order valence-corrected chi connectivity index (χ4v) is 5.77. The van der Waals surface area contributed by atoms with Crippen molar-refractivity contribution in [3.63, 3.8) is 0 Å². The van der Waals surface area contributed by atoms with Gasteiger partial charge in [0.15, 0.2) is 0 Å². The minimum absolute atomic E-state index is 0.354. The van der Waals surface area contributed by atoms with Crippen LogP contribution in [0.1, 0.15) is 55.3 Å². The minimum Gasteiger partial charge on any atom is -0.385 e. The van der Waals surface area contributed by atoms with Crippen LogP contribution in [0.2, 0.25) is 0 Å². The van der Waals surface area contributed by atoms with Crippen LogP contribution >= 0.6 is 0 Å². The highest BCUT2D eigenvalue weighted by Gasteiger charge is 2.42. The Labute approximate surface area is 181 Å². The van der Waals surface area contributed by atoms with Gasteiger partial charge in [-0.05, 0) is 80.9 Å². The molecule has 0 radical (unpaired) electrons. The summed E-state index contributed by atoms with van der Waals surface area (Å²) in [7, 11) is 0. The minimum atomic E-state index is 0.354. The fraction of sp³-hybridized carbons (Fsp3) is 0.538. The van der Waals surface area contributed by atoms with Crippen LogP contribution in [0.5, 0.6) is 0 Å².